The van der Waals surface area contributed by atoms with Gasteiger partial charge < -0.3 is 5.32 Å². The molecule has 0 aromatic carbocycles. The highest BCUT2D eigenvalue weighted by Gasteiger charge is 2.26. The van der Waals surface area contributed by atoms with E-state index in [-0.39, 0.29) is 11.4 Å². The number of nitrogens with one attached hydrogen (secondary N) is 1. The Kier molecular flexibility index (Phi) is 6.53. The van der Waals surface area contributed by atoms with Gasteiger partial charge in [-0.15, -0.1) is 11.3 Å². The van der Waals surface area contributed by atoms with E-state index in [2.05, 4.69) is 24.1 Å². The SMILES string of the molecule is CCC(C)(C)NC(=O)C(C)S(=O)Cc1csc(C(C)C)n1. The van der Waals surface area contributed by atoms with Crippen LogP contribution in [0.3, 0.4) is 0 Å². The predicted molar refractivity (Wildman–Crippen MR) is 90.0 cm³/mol. The summed E-state index contributed by atoms with van der Waals surface area (Å²) in [6, 6.07) is 0. The van der Waals surface area contributed by atoms with Gasteiger partial charge in [0.25, 0.3) is 0 Å². The molecule has 0 aliphatic heterocycles. The highest BCUT2D eigenvalue weighted by Crippen LogP contribution is 2.20. The summed E-state index contributed by atoms with van der Waals surface area (Å²) in [7, 11) is -1.25. The van der Waals surface area contributed by atoms with Gasteiger partial charge in [-0.05, 0) is 27.2 Å². The quantitative estimate of drug-likeness (QED) is 0.835. The number of hydrogen-bond donors (Lipinski definition) is 1. The fourth-order valence-corrected chi connectivity index (χ4v) is 3.50. The predicted octanol–water partition coefficient (Wildman–Crippen LogP) is 3.21. The minimum absolute atomic E-state index is 0.153. The lowest BCUT2D eigenvalue weighted by Gasteiger charge is -2.26. The zero-order chi connectivity index (χ0) is 16.2. The Balaban J connectivity index is 2.63. The fourth-order valence-electron chi connectivity index (χ4n) is 1.57. The molecule has 0 saturated heterocycles. The van der Waals surface area contributed by atoms with E-state index in [1.807, 2.05) is 26.2 Å². The lowest BCUT2D eigenvalue weighted by atomic mass is 10.0. The molecule has 0 aliphatic carbocycles. The number of aromatic nitrogens is 1. The number of carbonyl (C=O) groups is 1. The second-order valence-electron chi connectivity index (χ2n) is 6.23. The molecular weight excluding hydrogens is 304 g/mol. The van der Waals surface area contributed by atoms with Crippen LogP contribution in [0.2, 0.25) is 0 Å². The molecule has 1 amide bonds. The third-order valence-corrected chi connectivity index (χ3v) is 6.24. The van der Waals surface area contributed by atoms with Crippen LogP contribution >= 0.6 is 11.3 Å². The Morgan fingerprint density at radius 2 is 2.05 bits per heavy atom. The van der Waals surface area contributed by atoms with Crippen LogP contribution in [0.5, 0.6) is 0 Å². The molecule has 1 rings (SSSR count). The standard InChI is InChI=1S/C15H26N2O2S2/c1-7-15(5,6)17-13(18)11(4)21(19)9-12-8-20-14(16-12)10(2)3/h8,10-11H,7,9H2,1-6H3,(H,17,18). The first-order valence-corrected chi connectivity index (χ1v) is 9.56. The van der Waals surface area contributed by atoms with E-state index in [1.54, 1.807) is 18.3 Å². The molecule has 6 heteroatoms. The maximum Gasteiger partial charge on any atom is 0.235 e. The Hall–Kier alpha value is -0.750. The first-order chi connectivity index (χ1) is 9.66. The van der Waals surface area contributed by atoms with Crippen molar-refractivity contribution in [3.63, 3.8) is 0 Å². The van der Waals surface area contributed by atoms with E-state index in [1.165, 1.54) is 0 Å². The number of nitrogens with zero attached hydrogens (tertiary/aromatic N) is 1. The van der Waals surface area contributed by atoms with Gasteiger partial charge in [-0.2, -0.15) is 0 Å². The summed E-state index contributed by atoms with van der Waals surface area (Å²) < 4.78 is 12.3. The zero-order valence-electron chi connectivity index (χ0n) is 13.7. The van der Waals surface area contributed by atoms with Gasteiger partial charge in [-0.1, -0.05) is 20.8 Å². The largest absolute Gasteiger partial charge is 0.350 e. The summed E-state index contributed by atoms with van der Waals surface area (Å²) in [5.74, 6) is 0.562. The van der Waals surface area contributed by atoms with Crippen molar-refractivity contribution in [2.75, 3.05) is 0 Å². The molecule has 1 aromatic heterocycles. The molecular formula is C15H26N2O2S2. The number of thiazole rings is 1. The van der Waals surface area contributed by atoms with E-state index < -0.39 is 16.0 Å². The van der Waals surface area contributed by atoms with Crippen molar-refractivity contribution in [3.8, 4) is 0 Å². The summed E-state index contributed by atoms with van der Waals surface area (Å²) in [5.41, 5.74) is 0.553. The van der Waals surface area contributed by atoms with E-state index >= 15 is 0 Å². The highest BCUT2D eigenvalue weighted by molar-refractivity contribution is 7.85. The molecule has 1 heterocycles. The normalized spacial score (nSPS) is 15.0. The Morgan fingerprint density at radius 3 is 2.52 bits per heavy atom. The second kappa shape index (κ2) is 7.49. The van der Waals surface area contributed by atoms with Crippen molar-refractivity contribution in [2.45, 2.75) is 70.4 Å². The number of amides is 1. The average molecular weight is 331 g/mol. The zero-order valence-corrected chi connectivity index (χ0v) is 15.4. The maximum atomic E-state index is 12.3. The summed E-state index contributed by atoms with van der Waals surface area (Å²) >= 11 is 1.59. The van der Waals surface area contributed by atoms with Crippen LogP contribution < -0.4 is 5.32 Å². The van der Waals surface area contributed by atoms with Crippen molar-refractivity contribution in [1.29, 1.82) is 0 Å². The van der Waals surface area contributed by atoms with Crippen LogP contribution in [-0.4, -0.2) is 25.9 Å². The Bertz CT molecular complexity index is 510. The van der Waals surface area contributed by atoms with Gasteiger partial charge in [0.1, 0.15) is 5.25 Å². The van der Waals surface area contributed by atoms with Gasteiger partial charge in [0.15, 0.2) is 0 Å². The van der Waals surface area contributed by atoms with E-state index in [0.29, 0.717) is 11.7 Å². The third kappa shape index (κ3) is 5.51. The maximum absolute atomic E-state index is 12.3. The highest BCUT2D eigenvalue weighted by atomic mass is 32.2. The molecule has 4 nitrogen and oxygen atoms in total. The summed E-state index contributed by atoms with van der Waals surface area (Å²) in [6.07, 6.45) is 0.835. The van der Waals surface area contributed by atoms with Crippen molar-refractivity contribution < 1.29 is 9.00 Å². The minimum atomic E-state index is -1.25. The number of carbonyl (C=O) groups excluding carboxylic acids is 1. The van der Waals surface area contributed by atoms with Crippen molar-refractivity contribution in [2.24, 2.45) is 0 Å². The number of hydrogen-bond acceptors (Lipinski definition) is 4. The van der Waals surface area contributed by atoms with Gasteiger partial charge in [-0.25, -0.2) is 4.98 Å². The lowest BCUT2D eigenvalue weighted by molar-refractivity contribution is -0.121. The van der Waals surface area contributed by atoms with Crippen LogP contribution in [0.15, 0.2) is 5.38 Å². The van der Waals surface area contributed by atoms with Crippen LogP contribution in [0.4, 0.5) is 0 Å². The van der Waals surface area contributed by atoms with Crippen molar-refractivity contribution >= 4 is 28.0 Å². The molecule has 0 spiro atoms. The topological polar surface area (TPSA) is 59.1 Å². The average Bonchev–Trinajstić information content (AvgIpc) is 2.86. The first-order valence-electron chi connectivity index (χ1n) is 7.29. The fraction of sp³-hybridized carbons (Fsp3) is 0.733. The van der Waals surface area contributed by atoms with Gasteiger partial charge in [0.05, 0.1) is 16.5 Å². The summed E-state index contributed by atoms with van der Waals surface area (Å²) in [6.45, 7) is 11.8. The molecule has 0 radical (unpaired) electrons. The van der Waals surface area contributed by atoms with Crippen LogP contribution in [0.1, 0.15) is 64.6 Å². The Labute approximate surface area is 134 Å². The lowest BCUT2D eigenvalue weighted by Crippen LogP contribution is -2.47. The van der Waals surface area contributed by atoms with Crippen LogP contribution in [0, 0.1) is 0 Å². The number of rotatable bonds is 7. The van der Waals surface area contributed by atoms with Gasteiger partial charge >= 0.3 is 0 Å². The minimum Gasteiger partial charge on any atom is -0.350 e. The molecule has 2 atom stereocenters. The summed E-state index contributed by atoms with van der Waals surface area (Å²) in [5, 5.41) is 5.40. The monoisotopic (exact) mass is 330 g/mol. The van der Waals surface area contributed by atoms with E-state index in [9.17, 15) is 9.00 Å². The molecule has 0 saturated carbocycles. The first kappa shape index (κ1) is 18.3. The van der Waals surface area contributed by atoms with Crippen LogP contribution in [0.25, 0.3) is 0 Å². The molecule has 21 heavy (non-hydrogen) atoms. The van der Waals surface area contributed by atoms with Gasteiger partial charge in [-0.3, -0.25) is 9.00 Å². The second-order valence-corrected chi connectivity index (χ2v) is 8.87. The van der Waals surface area contributed by atoms with Crippen LogP contribution in [-0.2, 0) is 21.3 Å². The molecule has 2 unspecified atom stereocenters. The molecule has 1 N–H and O–H groups in total. The smallest absolute Gasteiger partial charge is 0.235 e. The molecule has 0 bridgehead atoms. The molecule has 0 aliphatic rings. The van der Waals surface area contributed by atoms with Gasteiger partial charge in [0.2, 0.25) is 5.91 Å². The molecule has 0 fully saturated rings. The van der Waals surface area contributed by atoms with Crippen molar-refractivity contribution in [3.05, 3.63) is 16.1 Å². The van der Waals surface area contributed by atoms with E-state index in [4.69, 9.17) is 0 Å². The third-order valence-electron chi connectivity index (χ3n) is 3.46. The molecule has 1 aromatic rings. The summed E-state index contributed by atoms with van der Waals surface area (Å²) in [4.78, 5) is 16.6. The van der Waals surface area contributed by atoms with Crippen molar-refractivity contribution in [1.82, 2.24) is 10.3 Å². The molecule has 120 valence electrons. The van der Waals surface area contributed by atoms with E-state index in [0.717, 1.165) is 17.1 Å². The Morgan fingerprint density at radius 1 is 1.43 bits per heavy atom. The van der Waals surface area contributed by atoms with Gasteiger partial charge in [0, 0.05) is 27.6 Å².